The fourth-order valence-electron chi connectivity index (χ4n) is 3.19. The van der Waals surface area contributed by atoms with Crippen LogP contribution in [0.2, 0.25) is 0 Å². The third-order valence-corrected chi connectivity index (χ3v) is 4.73. The Kier molecular flexibility index (Phi) is 7.14. The second kappa shape index (κ2) is 9.84. The molecule has 33 heavy (non-hydrogen) atoms. The summed E-state index contributed by atoms with van der Waals surface area (Å²) in [5.74, 6) is -3.31. The third-order valence-electron chi connectivity index (χ3n) is 4.73. The predicted molar refractivity (Wildman–Crippen MR) is 112 cm³/mol. The van der Waals surface area contributed by atoms with Crippen LogP contribution in [0.15, 0.2) is 54.6 Å². The summed E-state index contributed by atoms with van der Waals surface area (Å²) in [5.41, 5.74) is 3.38. The average molecular weight is 463 g/mol. The molecule has 1 atom stereocenters. The van der Waals surface area contributed by atoms with Crippen LogP contribution < -0.4 is 15.1 Å². The van der Waals surface area contributed by atoms with Crippen LogP contribution in [0.25, 0.3) is 10.9 Å². The zero-order chi connectivity index (χ0) is 24.2. The second-order valence-electron chi connectivity index (χ2n) is 7.13. The number of rotatable bonds is 7. The summed E-state index contributed by atoms with van der Waals surface area (Å²) in [4.78, 5) is 27.8. The van der Waals surface area contributed by atoms with Gasteiger partial charge in [-0.05, 0) is 43.3 Å². The number of hydroxylamine groups is 1. The highest BCUT2D eigenvalue weighted by Crippen LogP contribution is 2.27. The molecule has 0 aliphatic carbocycles. The SMILES string of the molecule is Cc1cc(COc2ccc(N(CC(O)C(=O)NO)C(=O)C(F)(F)F)cc2)c2ccccc2n1. The van der Waals surface area contributed by atoms with E-state index in [1.54, 1.807) is 0 Å². The van der Waals surface area contributed by atoms with E-state index >= 15 is 0 Å². The molecule has 1 aromatic heterocycles. The largest absolute Gasteiger partial charge is 0.489 e. The van der Waals surface area contributed by atoms with Crippen LogP contribution >= 0.6 is 0 Å². The molecule has 3 aromatic rings. The fraction of sp³-hybridized carbons (Fsp3) is 0.227. The Morgan fingerprint density at radius 1 is 1.15 bits per heavy atom. The van der Waals surface area contributed by atoms with Gasteiger partial charge in [0.15, 0.2) is 6.10 Å². The monoisotopic (exact) mass is 463 g/mol. The maximum absolute atomic E-state index is 13.0. The van der Waals surface area contributed by atoms with Crippen molar-refractivity contribution >= 4 is 28.4 Å². The molecule has 1 unspecified atom stereocenters. The molecule has 0 spiro atoms. The molecule has 2 aromatic carbocycles. The predicted octanol–water partition coefficient (Wildman–Crippen LogP) is 2.88. The molecule has 11 heteroatoms. The number of fused-ring (bicyclic) bond motifs is 1. The Labute approximate surface area is 186 Å². The number of anilines is 1. The lowest BCUT2D eigenvalue weighted by Crippen LogP contribution is -2.48. The number of aliphatic hydroxyl groups is 1. The van der Waals surface area contributed by atoms with Crippen LogP contribution in [0.5, 0.6) is 5.75 Å². The number of alkyl halides is 3. The van der Waals surface area contributed by atoms with Crippen molar-refractivity contribution in [2.45, 2.75) is 25.8 Å². The van der Waals surface area contributed by atoms with E-state index < -0.39 is 30.6 Å². The molecule has 0 fully saturated rings. The topological polar surface area (TPSA) is 112 Å². The number of hydrogen-bond donors (Lipinski definition) is 3. The van der Waals surface area contributed by atoms with Gasteiger partial charge in [-0.3, -0.25) is 19.8 Å². The van der Waals surface area contributed by atoms with E-state index in [9.17, 15) is 27.9 Å². The van der Waals surface area contributed by atoms with E-state index in [2.05, 4.69) is 4.98 Å². The number of ether oxygens (including phenoxy) is 1. The Bertz CT molecular complexity index is 1150. The first-order valence-corrected chi connectivity index (χ1v) is 9.69. The summed E-state index contributed by atoms with van der Waals surface area (Å²) in [6.45, 7) is 0.999. The lowest BCUT2D eigenvalue weighted by Gasteiger charge is -2.25. The Morgan fingerprint density at radius 2 is 1.82 bits per heavy atom. The van der Waals surface area contributed by atoms with Gasteiger partial charge in [0.1, 0.15) is 12.4 Å². The lowest BCUT2D eigenvalue weighted by molar-refractivity contribution is -0.170. The van der Waals surface area contributed by atoms with Crippen LogP contribution in [-0.2, 0) is 16.2 Å². The zero-order valence-corrected chi connectivity index (χ0v) is 17.3. The van der Waals surface area contributed by atoms with Gasteiger partial charge in [-0.15, -0.1) is 0 Å². The minimum absolute atomic E-state index is 0.170. The number of hydrogen-bond acceptors (Lipinski definition) is 6. The maximum Gasteiger partial charge on any atom is 0.471 e. The number of benzene rings is 2. The normalized spacial score (nSPS) is 12.3. The summed E-state index contributed by atoms with van der Waals surface area (Å²) in [6.07, 6.45) is -7.33. The van der Waals surface area contributed by atoms with Crippen molar-refractivity contribution < 1.29 is 37.8 Å². The molecule has 2 amide bonds. The summed E-state index contributed by atoms with van der Waals surface area (Å²) >= 11 is 0. The summed E-state index contributed by atoms with van der Waals surface area (Å²) < 4.78 is 44.8. The quantitative estimate of drug-likeness (QED) is 0.367. The van der Waals surface area contributed by atoms with E-state index in [0.717, 1.165) is 27.6 Å². The highest BCUT2D eigenvalue weighted by atomic mass is 19.4. The standard InChI is InChI=1S/C22H20F3N3O5/c1-13-10-14(17-4-2-3-5-18(17)26-13)12-33-16-8-6-15(7-9-16)28(21(31)22(23,24)25)11-19(29)20(30)27-32/h2-10,19,29,32H,11-12H2,1H3,(H,27,30). The smallest absolute Gasteiger partial charge is 0.471 e. The minimum atomic E-state index is -5.25. The van der Waals surface area contributed by atoms with Gasteiger partial charge in [-0.1, -0.05) is 18.2 Å². The molecule has 0 bridgehead atoms. The number of nitrogens with one attached hydrogen (secondary N) is 1. The summed E-state index contributed by atoms with van der Waals surface area (Å²) in [7, 11) is 0. The van der Waals surface area contributed by atoms with Crippen LogP contribution in [-0.4, -0.2) is 45.9 Å². The molecule has 0 saturated heterocycles. The van der Waals surface area contributed by atoms with Crippen molar-refractivity contribution in [1.29, 1.82) is 0 Å². The molecule has 0 aliphatic heterocycles. The number of amides is 2. The van der Waals surface area contributed by atoms with Crippen LogP contribution in [0, 0.1) is 6.92 Å². The minimum Gasteiger partial charge on any atom is -0.489 e. The van der Waals surface area contributed by atoms with Crippen molar-refractivity contribution in [2.75, 3.05) is 11.4 Å². The van der Waals surface area contributed by atoms with Gasteiger partial charge in [0.25, 0.3) is 5.91 Å². The highest BCUT2D eigenvalue weighted by molar-refractivity contribution is 5.98. The van der Waals surface area contributed by atoms with Crippen LogP contribution in [0.4, 0.5) is 18.9 Å². The third kappa shape index (κ3) is 5.76. The first-order chi connectivity index (χ1) is 15.6. The van der Waals surface area contributed by atoms with E-state index in [4.69, 9.17) is 9.94 Å². The zero-order valence-electron chi connectivity index (χ0n) is 17.3. The van der Waals surface area contributed by atoms with E-state index in [0.29, 0.717) is 5.75 Å². The first-order valence-electron chi connectivity index (χ1n) is 9.69. The summed E-state index contributed by atoms with van der Waals surface area (Å²) in [5, 5.41) is 19.1. The lowest BCUT2D eigenvalue weighted by atomic mass is 10.1. The van der Waals surface area contributed by atoms with Gasteiger partial charge in [0.2, 0.25) is 0 Å². The van der Waals surface area contributed by atoms with Crippen LogP contribution in [0.1, 0.15) is 11.3 Å². The number of pyridine rings is 1. The second-order valence-corrected chi connectivity index (χ2v) is 7.13. The maximum atomic E-state index is 13.0. The number of carbonyl (C=O) groups is 2. The molecule has 8 nitrogen and oxygen atoms in total. The number of para-hydroxylation sites is 1. The van der Waals surface area contributed by atoms with E-state index in [1.807, 2.05) is 37.3 Å². The van der Waals surface area contributed by atoms with Crippen LogP contribution in [0.3, 0.4) is 0 Å². The molecule has 3 N–H and O–H groups in total. The van der Waals surface area contributed by atoms with E-state index in [-0.39, 0.29) is 17.2 Å². The van der Waals surface area contributed by atoms with Gasteiger partial charge >= 0.3 is 12.1 Å². The van der Waals surface area contributed by atoms with Gasteiger partial charge in [0.05, 0.1) is 12.1 Å². The average Bonchev–Trinajstić information content (AvgIpc) is 2.79. The molecule has 1 heterocycles. The molecule has 0 radical (unpaired) electrons. The number of nitrogens with zero attached hydrogens (tertiary/aromatic N) is 2. The number of aliphatic hydroxyl groups excluding tert-OH is 1. The first kappa shape index (κ1) is 24.0. The van der Waals surface area contributed by atoms with Crippen molar-refractivity contribution in [1.82, 2.24) is 10.5 Å². The van der Waals surface area contributed by atoms with E-state index in [1.165, 1.54) is 24.3 Å². The van der Waals surface area contributed by atoms with Crippen molar-refractivity contribution in [2.24, 2.45) is 0 Å². The van der Waals surface area contributed by atoms with Crippen molar-refractivity contribution in [3.8, 4) is 5.75 Å². The van der Waals surface area contributed by atoms with Crippen molar-refractivity contribution in [3.63, 3.8) is 0 Å². The molecule has 174 valence electrons. The number of carbonyl (C=O) groups excluding carboxylic acids is 2. The van der Waals surface area contributed by atoms with Gasteiger partial charge in [-0.25, -0.2) is 5.48 Å². The molecule has 3 rings (SSSR count). The Morgan fingerprint density at radius 3 is 2.45 bits per heavy atom. The fourth-order valence-corrected chi connectivity index (χ4v) is 3.19. The summed E-state index contributed by atoms with van der Waals surface area (Å²) in [6, 6.07) is 14.5. The Hall–Kier alpha value is -3.70. The molecular formula is C22H20F3N3O5. The molecular weight excluding hydrogens is 443 g/mol. The number of halogens is 3. The van der Waals surface area contributed by atoms with Gasteiger partial charge < -0.3 is 14.7 Å². The number of aromatic nitrogens is 1. The number of aryl methyl sites for hydroxylation is 1. The van der Waals surface area contributed by atoms with Gasteiger partial charge in [-0.2, -0.15) is 13.2 Å². The molecule has 0 saturated carbocycles. The Balaban J connectivity index is 1.79. The highest BCUT2D eigenvalue weighted by Gasteiger charge is 2.44. The van der Waals surface area contributed by atoms with Crippen molar-refractivity contribution in [3.05, 3.63) is 65.9 Å². The molecule has 0 aliphatic rings. The van der Waals surface area contributed by atoms with Gasteiger partial charge in [0, 0.05) is 22.3 Å².